The molecule has 1 aromatic rings. The van der Waals surface area contributed by atoms with Crippen LogP contribution in [0.1, 0.15) is 31.4 Å². The smallest absolute Gasteiger partial charge is 0.224 e. The highest BCUT2D eigenvalue weighted by atomic mass is 35.5. The van der Waals surface area contributed by atoms with Gasteiger partial charge in [-0.05, 0) is 44.0 Å². The van der Waals surface area contributed by atoms with E-state index in [9.17, 15) is 4.79 Å². The number of fused-ring (bicyclic) bond motifs is 1. The molecule has 0 bridgehead atoms. The first-order valence-electron chi connectivity index (χ1n) is 7.64. The van der Waals surface area contributed by atoms with Gasteiger partial charge in [0, 0.05) is 6.54 Å². The third kappa shape index (κ3) is 3.84. The highest BCUT2D eigenvalue weighted by Gasteiger charge is 2.23. The summed E-state index contributed by atoms with van der Waals surface area (Å²) in [7, 11) is 0. The number of ether oxygens (including phenoxy) is 2. The molecule has 2 N–H and O–H groups in total. The maximum Gasteiger partial charge on any atom is 0.224 e. The van der Waals surface area contributed by atoms with Crippen LogP contribution < -0.4 is 20.1 Å². The molecule has 2 heterocycles. The molecule has 1 unspecified atom stereocenters. The van der Waals surface area contributed by atoms with Crippen LogP contribution in [0, 0.1) is 5.92 Å². The molecule has 0 saturated carbocycles. The second kappa shape index (κ2) is 7.70. The van der Waals surface area contributed by atoms with Gasteiger partial charge in [-0.15, -0.1) is 12.4 Å². The van der Waals surface area contributed by atoms with Gasteiger partial charge in [-0.3, -0.25) is 4.79 Å². The van der Waals surface area contributed by atoms with Crippen molar-refractivity contribution < 1.29 is 14.3 Å². The molecule has 2 aliphatic rings. The molecular formula is C16H23ClN2O3. The first-order chi connectivity index (χ1) is 10.2. The van der Waals surface area contributed by atoms with Crippen LogP contribution in [0.15, 0.2) is 18.2 Å². The molecule has 6 heteroatoms. The number of hydrogen-bond acceptors (Lipinski definition) is 4. The zero-order valence-corrected chi connectivity index (χ0v) is 13.6. The number of rotatable bonds is 3. The molecule has 0 radical (unpaired) electrons. The van der Waals surface area contributed by atoms with Crippen LogP contribution in [0.3, 0.4) is 0 Å². The molecule has 0 aliphatic carbocycles. The van der Waals surface area contributed by atoms with Crippen LogP contribution in [0.4, 0.5) is 0 Å². The van der Waals surface area contributed by atoms with E-state index in [1.165, 1.54) is 0 Å². The van der Waals surface area contributed by atoms with Crippen molar-refractivity contribution in [2.75, 3.05) is 26.3 Å². The zero-order chi connectivity index (χ0) is 14.7. The molecule has 1 saturated heterocycles. The minimum absolute atomic E-state index is 0. The van der Waals surface area contributed by atoms with Crippen LogP contribution in [-0.4, -0.2) is 32.2 Å². The molecule has 22 heavy (non-hydrogen) atoms. The van der Waals surface area contributed by atoms with Gasteiger partial charge in [-0.2, -0.15) is 0 Å². The molecule has 1 aromatic carbocycles. The SMILES string of the molecule is CC(NC(=O)[C@@H]1CCCNC1)c1ccc2c(c1)OCCO2.Cl. The first kappa shape index (κ1) is 16.9. The van der Waals surface area contributed by atoms with E-state index >= 15 is 0 Å². The highest BCUT2D eigenvalue weighted by Crippen LogP contribution is 2.32. The molecule has 3 rings (SSSR count). The molecule has 0 spiro atoms. The molecule has 122 valence electrons. The standard InChI is InChI=1S/C16H22N2O3.ClH/c1-11(18-16(19)13-3-2-6-17-10-13)12-4-5-14-15(9-12)21-8-7-20-14;/h4-5,9,11,13,17H,2-3,6-8,10H2,1H3,(H,18,19);1H/t11?,13-;/m1./s1. The third-order valence-electron chi connectivity index (χ3n) is 4.09. The van der Waals surface area contributed by atoms with Crippen molar-refractivity contribution in [1.29, 1.82) is 0 Å². The lowest BCUT2D eigenvalue weighted by atomic mass is 9.98. The fourth-order valence-corrected chi connectivity index (χ4v) is 2.82. The Bertz CT molecular complexity index is 518. The number of nitrogens with one attached hydrogen (secondary N) is 2. The van der Waals surface area contributed by atoms with E-state index in [-0.39, 0.29) is 30.3 Å². The van der Waals surface area contributed by atoms with E-state index in [2.05, 4.69) is 10.6 Å². The Labute approximate surface area is 137 Å². The highest BCUT2D eigenvalue weighted by molar-refractivity contribution is 5.85. The predicted molar refractivity (Wildman–Crippen MR) is 86.8 cm³/mol. The summed E-state index contributed by atoms with van der Waals surface area (Å²) in [5.74, 6) is 1.75. The van der Waals surface area contributed by atoms with E-state index in [0.717, 1.165) is 43.0 Å². The summed E-state index contributed by atoms with van der Waals surface area (Å²) < 4.78 is 11.1. The molecule has 1 amide bonds. The van der Waals surface area contributed by atoms with Crippen molar-refractivity contribution in [1.82, 2.24) is 10.6 Å². The van der Waals surface area contributed by atoms with Gasteiger partial charge < -0.3 is 20.1 Å². The minimum atomic E-state index is -0.0322. The Hall–Kier alpha value is -1.46. The Morgan fingerprint density at radius 2 is 2.09 bits per heavy atom. The monoisotopic (exact) mass is 326 g/mol. The van der Waals surface area contributed by atoms with Gasteiger partial charge in [0.05, 0.1) is 12.0 Å². The Kier molecular flexibility index (Phi) is 5.91. The van der Waals surface area contributed by atoms with Crippen LogP contribution >= 0.6 is 12.4 Å². The molecule has 5 nitrogen and oxygen atoms in total. The molecule has 1 fully saturated rings. The van der Waals surface area contributed by atoms with E-state index < -0.39 is 0 Å². The lowest BCUT2D eigenvalue weighted by Crippen LogP contribution is -2.41. The number of carbonyl (C=O) groups is 1. The van der Waals surface area contributed by atoms with Gasteiger partial charge in [0.1, 0.15) is 13.2 Å². The normalized spacial score (nSPS) is 21.4. The number of carbonyl (C=O) groups excluding carboxylic acids is 1. The molecular weight excluding hydrogens is 304 g/mol. The fourth-order valence-electron chi connectivity index (χ4n) is 2.82. The van der Waals surface area contributed by atoms with E-state index in [4.69, 9.17) is 9.47 Å². The van der Waals surface area contributed by atoms with Crippen LogP contribution in [0.5, 0.6) is 11.5 Å². The van der Waals surface area contributed by atoms with Crippen molar-refractivity contribution in [2.24, 2.45) is 5.92 Å². The second-order valence-corrected chi connectivity index (χ2v) is 5.68. The summed E-state index contributed by atoms with van der Waals surface area (Å²) in [5.41, 5.74) is 1.04. The summed E-state index contributed by atoms with van der Waals surface area (Å²) in [4.78, 5) is 12.3. The summed E-state index contributed by atoms with van der Waals surface area (Å²) >= 11 is 0. The summed E-state index contributed by atoms with van der Waals surface area (Å²) in [6.45, 7) is 4.96. The zero-order valence-electron chi connectivity index (χ0n) is 12.8. The summed E-state index contributed by atoms with van der Waals surface area (Å²) in [6.07, 6.45) is 2.03. The van der Waals surface area contributed by atoms with Crippen LogP contribution in [0.25, 0.3) is 0 Å². The third-order valence-corrected chi connectivity index (χ3v) is 4.09. The largest absolute Gasteiger partial charge is 0.486 e. The van der Waals surface area contributed by atoms with Gasteiger partial charge in [0.2, 0.25) is 5.91 Å². The topological polar surface area (TPSA) is 59.6 Å². The number of benzene rings is 1. The van der Waals surface area contributed by atoms with Gasteiger partial charge in [-0.25, -0.2) is 0 Å². The van der Waals surface area contributed by atoms with Gasteiger partial charge in [-0.1, -0.05) is 6.07 Å². The average Bonchev–Trinajstić information content (AvgIpc) is 2.55. The number of halogens is 1. The second-order valence-electron chi connectivity index (χ2n) is 5.68. The predicted octanol–water partition coefficient (Wildman–Crippen LogP) is 2.06. The van der Waals surface area contributed by atoms with Gasteiger partial charge >= 0.3 is 0 Å². The summed E-state index contributed by atoms with van der Waals surface area (Å²) in [6, 6.07) is 5.82. The first-order valence-corrected chi connectivity index (χ1v) is 7.64. The van der Waals surface area contributed by atoms with Crippen molar-refractivity contribution >= 4 is 18.3 Å². The number of amides is 1. The Morgan fingerprint density at radius 1 is 1.32 bits per heavy atom. The minimum Gasteiger partial charge on any atom is -0.486 e. The lowest BCUT2D eigenvalue weighted by molar-refractivity contribution is -0.126. The van der Waals surface area contributed by atoms with Crippen molar-refractivity contribution in [2.45, 2.75) is 25.8 Å². The molecule has 2 aliphatic heterocycles. The van der Waals surface area contributed by atoms with E-state index in [0.29, 0.717) is 13.2 Å². The quantitative estimate of drug-likeness (QED) is 0.892. The Morgan fingerprint density at radius 3 is 2.82 bits per heavy atom. The van der Waals surface area contributed by atoms with Crippen molar-refractivity contribution in [3.63, 3.8) is 0 Å². The van der Waals surface area contributed by atoms with Gasteiger partial charge in [0.25, 0.3) is 0 Å². The lowest BCUT2D eigenvalue weighted by Gasteiger charge is -2.25. The number of piperidine rings is 1. The van der Waals surface area contributed by atoms with E-state index in [1.807, 2.05) is 25.1 Å². The van der Waals surface area contributed by atoms with Gasteiger partial charge in [0.15, 0.2) is 11.5 Å². The Balaban J connectivity index is 0.00000176. The van der Waals surface area contributed by atoms with Crippen molar-refractivity contribution in [3.8, 4) is 11.5 Å². The van der Waals surface area contributed by atoms with E-state index in [1.54, 1.807) is 0 Å². The van der Waals surface area contributed by atoms with Crippen molar-refractivity contribution in [3.05, 3.63) is 23.8 Å². The maximum absolute atomic E-state index is 12.3. The maximum atomic E-state index is 12.3. The molecule has 2 atom stereocenters. The number of hydrogen-bond donors (Lipinski definition) is 2. The average molecular weight is 327 g/mol. The fraction of sp³-hybridized carbons (Fsp3) is 0.562. The summed E-state index contributed by atoms with van der Waals surface area (Å²) in [5, 5.41) is 6.37. The van der Waals surface area contributed by atoms with Crippen LogP contribution in [0.2, 0.25) is 0 Å². The van der Waals surface area contributed by atoms with Crippen LogP contribution in [-0.2, 0) is 4.79 Å². The molecule has 0 aromatic heterocycles.